The van der Waals surface area contributed by atoms with E-state index < -0.39 is 5.91 Å². The summed E-state index contributed by atoms with van der Waals surface area (Å²) in [5.74, 6) is -0.765. The summed E-state index contributed by atoms with van der Waals surface area (Å²) in [7, 11) is 0. The molecule has 0 unspecified atom stereocenters. The zero-order chi connectivity index (χ0) is 29.3. The number of amides is 3. The molecule has 208 valence electrons. The van der Waals surface area contributed by atoms with Crippen LogP contribution in [0, 0.1) is 6.92 Å². The maximum atomic E-state index is 13.4. The first-order valence-corrected chi connectivity index (χ1v) is 14.4. The molecule has 0 radical (unpaired) electrons. The highest BCUT2D eigenvalue weighted by atomic mass is 32.2. The predicted molar refractivity (Wildman–Crippen MR) is 171 cm³/mol. The molecule has 0 heterocycles. The Hall–Kier alpha value is -5.14. The molecule has 0 spiro atoms. The van der Waals surface area contributed by atoms with Crippen molar-refractivity contribution in [2.24, 2.45) is 0 Å². The van der Waals surface area contributed by atoms with Crippen LogP contribution in [0.1, 0.15) is 21.5 Å². The molecule has 0 saturated heterocycles. The molecule has 6 nitrogen and oxygen atoms in total. The lowest BCUT2D eigenvalue weighted by Gasteiger charge is -2.13. The Morgan fingerprint density at radius 1 is 0.690 bits per heavy atom. The van der Waals surface area contributed by atoms with E-state index in [0.717, 1.165) is 32.5 Å². The summed E-state index contributed by atoms with van der Waals surface area (Å²) < 4.78 is 0. The maximum Gasteiger partial charge on any atom is 0.272 e. The Morgan fingerprint density at radius 2 is 1.40 bits per heavy atom. The second kappa shape index (κ2) is 13.5. The molecule has 0 fully saturated rings. The van der Waals surface area contributed by atoms with Crippen LogP contribution in [0.4, 0.5) is 11.4 Å². The standard InChI is InChI=1S/C35H29N3O3S/c1-24-10-5-6-14-27(24)21-32(38-34(40)26-12-3-2-4-13-26)35(41)37-29-16-9-17-31(22-29)42-23-33(39)36-30-19-18-25-11-7-8-15-28(25)20-30/h2-22H,23H2,1H3,(H,36,39)(H,37,41)(H,38,40)/b32-21-. The number of aryl methyl sites for hydroxylation is 1. The van der Waals surface area contributed by atoms with Crippen LogP contribution in [0.25, 0.3) is 16.8 Å². The average Bonchev–Trinajstić information content (AvgIpc) is 3.01. The van der Waals surface area contributed by atoms with Gasteiger partial charge >= 0.3 is 0 Å². The van der Waals surface area contributed by atoms with Crippen LogP contribution in [0.2, 0.25) is 0 Å². The normalized spacial score (nSPS) is 11.1. The zero-order valence-corrected chi connectivity index (χ0v) is 23.8. The summed E-state index contributed by atoms with van der Waals surface area (Å²) in [6.45, 7) is 1.94. The van der Waals surface area contributed by atoms with Crippen molar-refractivity contribution in [3.8, 4) is 0 Å². The Labute approximate surface area is 248 Å². The van der Waals surface area contributed by atoms with E-state index in [-0.39, 0.29) is 23.3 Å². The number of rotatable bonds is 9. The molecule has 0 bridgehead atoms. The number of hydrogen-bond acceptors (Lipinski definition) is 4. The summed E-state index contributed by atoms with van der Waals surface area (Å²) >= 11 is 1.37. The highest BCUT2D eigenvalue weighted by Gasteiger charge is 2.16. The van der Waals surface area contributed by atoms with E-state index in [1.807, 2.05) is 91.9 Å². The van der Waals surface area contributed by atoms with Gasteiger partial charge in [0.25, 0.3) is 11.8 Å². The van der Waals surface area contributed by atoms with Gasteiger partial charge in [-0.15, -0.1) is 11.8 Å². The second-order valence-corrected chi connectivity index (χ2v) is 10.7. The van der Waals surface area contributed by atoms with E-state index >= 15 is 0 Å². The Bertz CT molecular complexity index is 1780. The number of anilines is 2. The van der Waals surface area contributed by atoms with Gasteiger partial charge in [0.05, 0.1) is 5.75 Å². The highest BCUT2D eigenvalue weighted by Crippen LogP contribution is 2.24. The van der Waals surface area contributed by atoms with Crippen molar-refractivity contribution >= 4 is 57.7 Å². The fourth-order valence-electron chi connectivity index (χ4n) is 4.32. The summed E-state index contributed by atoms with van der Waals surface area (Å²) in [4.78, 5) is 39.8. The first-order valence-electron chi connectivity index (χ1n) is 13.4. The van der Waals surface area contributed by atoms with E-state index in [4.69, 9.17) is 0 Å². The van der Waals surface area contributed by atoms with Crippen molar-refractivity contribution in [2.45, 2.75) is 11.8 Å². The monoisotopic (exact) mass is 571 g/mol. The number of benzene rings is 5. The molecular weight excluding hydrogens is 542 g/mol. The van der Waals surface area contributed by atoms with Crippen molar-refractivity contribution in [1.82, 2.24) is 5.32 Å². The van der Waals surface area contributed by atoms with E-state index in [2.05, 4.69) is 16.0 Å². The number of carbonyl (C=O) groups is 3. The van der Waals surface area contributed by atoms with Crippen LogP contribution in [-0.4, -0.2) is 23.5 Å². The van der Waals surface area contributed by atoms with E-state index in [1.54, 1.807) is 42.5 Å². The first-order chi connectivity index (χ1) is 20.4. The molecule has 0 aliphatic carbocycles. The number of hydrogen-bond donors (Lipinski definition) is 3. The molecule has 0 atom stereocenters. The number of nitrogens with one attached hydrogen (secondary N) is 3. The lowest BCUT2D eigenvalue weighted by Crippen LogP contribution is -2.30. The summed E-state index contributed by atoms with van der Waals surface area (Å²) in [5, 5.41) is 10.8. The highest BCUT2D eigenvalue weighted by molar-refractivity contribution is 8.00. The molecule has 0 aliphatic rings. The molecule has 0 aliphatic heterocycles. The topological polar surface area (TPSA) is 87.3 Å². The van der Waals surface area contributed by atoms with Crippen molar-refractivity contribution in [3.63, 3.8) is 0 Å². The van der Waals surface area contributed by atoms with Crippen LogP contribution in [0.15, 0.2) is 132 Å². The Morgan fingerprint density at radius 3 is 2.21 bits per heavy atom. The molecule has 7 heteroatoms. The smallest absolute Gasteiger partial charge is 0.272 e. The maximum absolute atomic E-state index is 13.4. The van der Waals surface area contributed by atoms with Crippen LogP contribution < -0.4 is 16.0 Å². The molecule has 3 amide bonds. The van der Waals surface area contributed by atoms with Crippen molar-refractivity contribution < 1.29 is 14.4 Å². The predicted octanol–water partition coefficient (Wildman–Crippen LogP) is 7.29. The molecular formula is C35H29N3O3S. The minimum atomic E-state index is -0.460. The van der Waals surface area contributed by atoms with Gasteiger partial charge in [0.2, 0.25) is 5.91 Å². The summed E-state index contributed by atoms with van der Waals surface area (Å²) in [5.41, 5.74) is 3.64. The van der Waals surface area contributed by atoms with Gasteiger partial charge in [-0.2, -0.15) is 0 Å². The molecule has 3 N–H and O–H groups in total. The Kier molecular flexibility index (Phi) is 9.11. The van der Waals surface area contributed by atoms with Gasteiger partial charge in [-0.3, -0.25) is 14.4 Å². The van der Waals surface area contributed by atoms with Gasteiger partial charge in [-0.05, 0) is 77.4 Å². The lowest BCUT2D eigenvalue weighted by molar-refractivity contribution is -0.114. The zero-order valence-electron chi connectivity index (χ0n) is 23.0. The van der Waals surface area contributed by atoms with E-state index in [9.17, 15) is 14.4 Å². The first kappa shape index (κ1) is 28.4. The van der Waals surface area contributed by atoms with Gasteiger partial charge < -0.3 is 16.0 Å². The van der Waals surface area contributed by atoms with Crippen LogP contribution in [0.3, 0.4) is 0 Å². The second-order valence-electron chi connectivity index (χ2n) is 9.62. The van der Waals surface area contributed by atoms with Gasteiger partial charge in [-0.1, -0.05) is 78.9 Å². The Balaban J connectivity index is 1.25. The molecule has 0 aromatic heterocycles. The van der Waals surface area contributed by atoms with Gasteiger partial charge in [-0.25, -0.2) is 0 Å². The van der Waals surface area contributed by atoms with Crippen LogP contribution in [-0.2, 0) is 9.59 Å². The SMILES string of the molecule is Cc1ccccc1/C=C(\NC(=O)c1ccccc1)C(=O)Nc1cccc(SCC(=O)Nc2ccc3ccccc3c2)c1. The lowest BCUT2D eigenvalue weighted by atomic mass is 10.1. The summed E-state index contributed by atoms with van der Waals surface area (Å²) in [6, 6.07) is 37.4. The fourth-order valence-corrected chi connectivity index (χ4v) is 5.08. The quantitative estimate of drug-likeness (QED) is 0.128. The van der Waals surface area contributed by atoms with Gasteiger partial charge in [0.1, 0.15) is 5.70 Å². The third-order valence-corrected chi connectivity index (χ3v) is 7.51. The van der Waals surface area contributed by atoms with Crippen molar-refractivity contribution in [1.29, 1.82) is 0 Å². The van der Waals surface area contributed by atoms with Gasteiger partial charge in [0.15, 0.2) is 0 Å². The number of carbonyl (C=O) groups excluding carboxylic acids is 3. The van der Waals surface area contributed by atoms with E-state index in [1.165, 1.54) is 11.8 Å². The third-order valence-electron chi connectivity index (χ3n) is 6.51. The largest absolute Gasteiger partial charge is 0.325 e. The van der Waals surface area contributed by atoms with E-state index in [0.29, 0.717) is 11.3 Å². The molecule has 42 heavy (non-hydrogen) atoms. The molecule has 0 saturated carbocycles. The fraction of sp³-hybridized carbons (Fsp3) is 0.0571. The molecule has 5 aromatic carbocycles. The minimum absolute atomic E-state index is 0.117. The third kappa shape index (κ3) is 7.53. The number of fused-ring (bicyclic) bond motifs is 1. The summed E-state index contributed by atoms with van der Waals surface area (Å²) in [6.07, 6.45) is 1.67. The molecule has 5 rings (SSSR count). The average molecular weight is 572 g/mol. The van der Waals surface area contributed by atoms with Crippen LogP contribution >= 0.6 is 11.8 Å². The minimum Gasteiger partial charge on any atom is -0.325 e. The van der Waals surface area contributed by atoms with Crippen LogP contribution in [0.5, 0.6) is 0 Å². The van der Waals surface area contributed by atoms with Crippen molar-refractivity contribution in [3.05, 3.63) is 144 Å². The van der Waals surface area contributed by atoms with Crippen molar-refractivity contribution in [2.75, 3.05) is 16.4 Å². The number of thioether (sulfide) groups is 1. The molecule has 5 aromatic rings. The van der Waals surface area contributed by atoms with Gasteiger partial charge in [0, 0.05) is 21.8 Å².